The number of pyridine rings is 1. The first-order valence-electron chi connectivity index (χ1n) is 8.32. The normalized spacial score (nSPS) is 14.3. The summed E-state index contributed by atoms with van der Waals surface area (Å²) in [6.07, 6.45) is -2.54. The van der Waals surface area contributed by atoms with Gasteiger partial charge in [0.1, 0.15) is 0 Å². The zero-order valence-corrected chi connectivity index (χ0v) is 16.3. The van der Waals surface area contributed by atoms with Gasteiger partial charge in [0.25, 0.3) is 11.5 Å². The predicted octanol–water partition coefficient (Wildman–Crippen LogP) is 2.23. The molecule has 0 saturated heterocycles. The van der Waals surface area contributed by atoms with Crippen molar-refractivity contribution in [2.45, 2.75) is 30.8 Å². The van der Waals surface area contributed by atoms with E-state index in [4.69, 9.17) is 5.21 Å². The molecule has 2 aromatic rings. The molecule has 29 heavy (non-hydrogen) atoms. The number of carbonyl (C=O) groups excluding carboxylic acids is 1. The maximum Gasteiger partial charge on any atom is 0.416 e. The van der Waals surface area contributed by atoms with E-state index in [9.17, 15) is 31.2 Å². The van der Waals surface area contributed by atoms with Crippen LogP contribution in [-0.4, -0.2) is 35.1 Å². The lowest BCUT2D eigenvalue weighted by molar-refractivity contribution is -0.137. The van der Waals surface area contributed by atoms with Gasteiger partial charge in [0.2, 0.25) is 0 Å². The first-order valence-corrected chi connectivity index (χ1v) is 10.2. The van der Waals surface area contributed by atoms with Crippen LogP contribution in [0.2, 0.25) is 0 Å². The van der Waals surface area contributed by atoms with Gasteiger partial charge < -0.3 is 4.57 Å². The average Bonchev–Trinajstić information content (AvgIpc) is 2.64. The molecule has 11 heteroatoms. The van der Waals surface area contributed by atoms with E-state index in [0.29, 0.717) is 11.1 Å². The molecule has 2 rings (SSSR count). The molecule has 0 aliphatic rings. The Kier molecular flexibility index (Phi) is 6.24. The topological polar surface area (TPSA) is 105 Å². The second kappa shape index (κ2) is 7.99. The standard InChI is InChI=1S/C18H19F3N2O5S/c1-17(16(25)22-26,29(2,27)28)8-10-23-9-7-13(11-15(23)24)12-3-5-14(6-4-12)18(19,20)21/h3-7,9,11,26H,8,10H2,1-2H3,(H,22,25)/t17-/m1/s1. The number of amides is 1. The number of halogens is 3. The molecule has 0 fully saturated rings. The van der Waals surface area contributed by atoms with Crippen LogP contribution in [0.25, 0.3) is 11.1 Å². The summed E-state index contributed by atoms with van der Waals surface area (Å²) >= 11 is 0. The lowest BCUT2D eigenvalue weighted by atomic mass is 10.0. The van der Waals surface area contributed by atoms with Gasteiger partial charge in [-0.05, 0) is 42.7 Å². The fourth-order valence-electron chi connectivity index (χ4n) is 2.64. The monoisotopic (exact) mass is 432 g/mol. The fourth-order valence-corrected chi connectivity index (χ4v) is 3.49. The number of aromatic nitrogens is 1. The molecule has 158 valence electrons. The van der Waals surface area contributed by atoms with E-state index in [1.165, 1.54) is 40.5 Å². The van der Waals surface area contributed by atoms with Gasteiger partial charge in [0, 0.05) is 25.1 Å². The molecule has 0 bridgehead atoms. The third-order valence-electron chi connectivity index (χ3n) is 4.77. The second-order valence-electron chi connectivity index (χ2n) is 6.72. The van der Waals surface area contributed by atoms with Gasteiger partial charge in [-0.1, -0.05) is 12.1 Å². The maximum atomic E-state index is 12.6. The Hall–Kier alpha value is -2.66. The number of nitrogens with zero attached hydrogens (tertiary/aromatic N) is 1. The largest absolute Gasteiger partial charge is 0.416 e. The van der Waals surface area contributed by atoms with Crippen LogP contribution in [0, 0.1) is 0 Å². The Labute approximate surface area is 164 Å². The summed E-state index contributed by atoms with van der Waals surface area (Å²) in [5.74, 6) is -1.12. The number of hydrogen-bond donors (Lipinski definition) is 2. The highest BCUT2D eigenvalue weighted by Gasteiger charge is 2.43. The smallest absolute Gasteiger partial charge is 0.315 e. The van der Waals surface area contributed by atoms with Crippen LogP contribution in [-0.2, 0) is 27.4 Å². The third-order valence-corrected chi connectivity index (χ3v) is 6.80. The van der Waals surface area contributed by atoms with E-state index >= 15 is 0 Å². The number of sulfone groups is 1. The van der Waals surface area contributed by atoms with E-state index in [0.717, 1.165) is 25.3 Å². The minimum Gasteiger partial charge on any atom is -0.315 e. The van der Waals surface area contributed by atoms with Crippen LogP contribution < -0.4 is 11.0 Å². The minimum atomic E-state index is -4.46. The van der Waals surface area contributed by atoms with Crippen LogP contribution in [0.15, 0.2) is 47.4 Å². The SMILES string of the molecule is C[C@@](CCn1ccc(-c2ccc(C(F)(F)F)cc2)cc1=O)(C(=O)NO)S(C)(=O)=O. The number of hydrogen-bond acceptors (Lipinski definition) is 5. The highest BCUT2D eigenvalue weighted by molar-refractivity contribution is 7.92. The molecular weight excluding hydrogens is 413 g/mol. The summed E-state index contributed by atoms with van der Waals surface area (Å²) in [4.78, 5) is 24.1. The summed E-state index contributed by atoms with van der Waals surface area (Å²) in [5, 5.41) is 8.81. The summed E-state index contributed by atoms with van der Waals surface area (Å²) in [6.45, 7) is 0.999. The van der Waals surface area contributed by atoms with Gasteiger partial charge in [-0.3, -0.25) is 14.8 Å². The van der Waals surface area contributed by atoms with Crippen LogP contribution >= 0.6 is 0 Å². The van der Waals surface area contributed by atoms with Crippen molar-refractivity contribution < 1.29 is 31.6 Å². The third kappa shape index (κ3) is 4.85. The molecular formula is C18H19F3N2O5S. The Morgan fingerprint density at radius 1 is 1.14 bits per heavy atom. The molecule has 0 unspecified atom stereocenters. The second-order valence-corrected chi connectivity index (χ2v) is 9.16. The van der Waals surface area contributed by atoms with Crippen molar-refractivity contribution in [3.05, 3.63) is 58.5 Å². The van der Waals surface area contributed by atoms with Crippen molar-refractivity contribution in [3.8, 4) is 11.1 Å². The maximum absolute atomic E-state index is 12.6. The molecule has 1 amide bonds. The highest BCUT2D eigenvalue weighted by atomic mass is 32.2. The zero-order valence-electron chi connectivity index (χ0n) is 15.5. The molecule has 1 heterocycles. The fraction of sp³-hybridized carbons (Fsp3) is 0.333. The van der Waals surface area contributed by atoms with Gasteiger partial charge in [-0.2, -0.15) is 13.2 Å². The van der Waals surface area contributed by atoms with E-state index in [1.54, 1.807) is 0 Å². The molecule has 1 aromatic carbocycles. The number of hydroxylamine groups is 1. The van der Waals surface area contributed by atoms with Crippen LogP contribution in [0.4, 0.5) is 13.2 Å². The number of carbonyl (C=O) groups is 1. The summed E-state index contributed by atoms with van der Waals surface area (Å²) < 4.78 is 61.1. The molecule has 1 atom stereocenters. The van der Waals surface area contributed by atoms with E-state index in [2.05, 4.69) is 0 Å². The minimum absolute atomic E-state index is 0.136. The van der Waals surface area contributed by atoms with Gasteiger partial charge in [-0.25, -0.2) is 13.9 Å². The lowest BCUT2D eigenvalue weighted by Crippen LogP contribution is -2.49. The molecule has 0 aliphatic heterocycles. The summed E-state index contributed by atoms with van der Waals surface area (Å²) in [6, 6.07) is 7.00. The molecule has 0 spiro atoms. The van der Waals surface area contributed by atoms with Gasteiger partial charge in [0.15, 0.2) is 14.6 Å². The van der Waals surface area contributed by atoms with Crippen LogP contribution in [0.5, 0.6) is 0 Å². The van der Waals surface area contributed by atoms with Gasteiger partial charge >= 0.3 is 6.18 Å². The number of rotatable bonds is 6. The predicted molar refractivity (Wildman–Crippen MR) is 98.9 cm³/mol. The Morgan fingerprint density at radius 2 is 1.72 bits per heavy atom. The van der Waals surface area contributed by atoms with Crippen molar-refractivity contribution >= 4 is 15.7 Å². The number of nitrogens with one attached hydrogen (secondary N) is 1. The van der Waals surface area contributed by atoms with Gasteiger partial charge in [-0.15, -0.1) is 0 Å². The molecule has 0 radical (unpaired) electrons. The Bertz CT molecular complexity index is 1060. The van der Waals surface area contributed by atoms with E-state index in [-0.39, 0.29) is 13.0 Å². The van der Waals surface area contributed by atoms with Crippen molar-refractivity contribution in [2.24, 2.45) is 0 Å². The average molecular weight is 432 g/mol. The van der Waals surface area contributed by atoms with Gasteiger partial charge in [0.05, 0.1) is 5.56 Å². The van der Waals surface area contributed by atoms with E-state index in [1.807, 2.05) is 0 Å². The summed E-state index contributed by atoms with van der Waals surface area (Å²) in [7, 11) is -3.91. The van der Waals surface area contributed by atoms with Crippen molar-refractivity contribution in [2.75, 3.05) is 6.26 Å². The number of alkyl halides is 3. The Balaban J connectivity index is 2.26. The Morgan fingerprint density at radius 3 is 2.17 bits per heavy atom. The van der Waals surface area contributed by atoms with Crippen molar-refractivity contribution in [1.29, 1.82) is 0 Å². The molecule has 0 aliphatic carbocycles. The molecule has 1 aromatic heterocycles. The number of benzene rings is 1. The molecule has 0 saturated carbocycles. The first-order chi connectivity index (χ1) is 13.3. The van der Waals surface area contributed by atoms with Crippen molar-refractivity contribution in [3.63, 3.8) is 0 Å². The summed E-state index contributed by atoms with van der Waals surface area (Å²) in [5.41, 5.74) is 0.783. The zero-order chi connectivity index (χ0) is 22.0. The first kappa shape index (κ1) is 22.6. The van der Waals surface area contributed by atoms with Crippen molar-refractivity contribution in [1.82, 2.24) is 10.0 Å². The highest BCUT2D eigenvalue weighted by Crippen LogP contribution is 2.30. The molecule has 7 nitrogen and oxygen atoms in total. The van der Waals surface area contributed by atoms with Crippen LogP contribution in [0.1, 0.15) is 18.9 Å². The molecule has 2 N–H and O–H groups in total. The lowest BCUT2D eigenvalue weighted by Gasteiger charge is -2.25. The number of aryl methyl sites for hydroxylation is 1. The van der Waals surface area contributed by atoms with E-state index < -0.39 is 37.8 Å². The quantitative estimate of drug-likeness (QED) is 0.538. The van der Waals surface area contributed by atoms with Crippen LogP contribution in [0.3, 0.4) is 0 Å².